The molecular formula is C12H13NO3. The lowest BCUT2D eigenvalue weighted by atomic mass is 10.1. The fourth-order valence-corrected chi connectivity index (χ4v) is 1.83. The third-order valence-electron chi connectivity index (χ3n) is 2.71. The number of carbonyl (C=O) groups is 1. The van der Waals surface area contributed by atoms with E-state index in [0.717, 1.165) is 22.0 Å². The van der Waals surface area contributed by atoms with Crippen LogP contribution >= 0.6 is 0 Å². The summed E-state index contributed by atoms with van der Waals surface area (Å²) in [6.45, 7) is 1.98. The van der Waals surface area contributed by atoms with E-state index in [4.69, 9.17) is 5.11 Å². The lowest BCUT2D eigenvalue weighted by Crippen LogP contribution is -2.21. The minimum Gasteiger partial charge on any atom is -0.479 e. The molecule has 0 radical (unpaired) electrons. The molecule has 0 amide bonds. The van der Waals surface area contributed by atoms with Gasteiger partial charge in [0.1, 0.15) is 0 Å². The van der Waals surface area contributed by atoms with Gasteiger partial charge >= 0.3 is 5.97 Å². The quantitative estimate of drug-likeness (QED) is 0.731. The van der Waals surface area contributed by atoms with Gasteiger partial charge in [0.15, 0.2) is 6.10 Å². The molecule has 4 heteroatoms. The molecule has 16 heavy (non-hydrogen) atoms. The van der Waals surface area contributed by atoms with E-state index in [1.807, 2.05) is 25.1 Å². The van der Waals surface area contributed by atoms with Crippen molar-refractivity contribution in [2.45, 2.75) is 19.4 Å². The molecule has 0 saturated heterocycles. The number of aryl methyl sites for hydroxylation is 1. The SMILES string of the molecule is Cc1cccc2c(C[C@H](O)C(=O)O)c[nH]c12. The first-order chi connectivity index (χ1) is 7.59. The fraction of sp³-hybridized carbons (Fsp3) is 0.250. The largest absolute Gasteiger partial charge is 0.479 e. The number of aliphatic hydroxyl groups excluding tert-OH is 1. The number of benzene rings is 1. The zero-order valence-corrected chi connectivity index (χ0v) is 8.90. The van der Waals surface area contributed by atoms with Crippen LogP contribution in [0, 0.1) is 6.92 Å². The molecule has 2 aromatic rings. The number of nitrogens with one attached hydrogen (secondary N) is 1. The van der Waals surface area contributed by atoms with Crippen LogP contribution < -0.4 is 0 Å². The summed E-state index contributed by atoms with van der Waals surface area (Å²) in [6, 6.07) is 5.82. The number of hydrogen-bond donors (Lipinski definition) is 3. The maximum atomic E-state index is 10.6. The number of hydrogen-bond acceptors (Lipinski definition) is 2. The van der Waals surface area contributed by atoms with Gasteiger partial charge in [-0.1, -0.05) is 18.2 Å². The Morgan fingerprint density at radius 1 is 1.50 bits per heavy atom. The van der Waals surface area contributed by atoms with E-state index in [0.29, 0.717) is 0 Å². The highest BCUT2D eigenvalue weighted by Crippen LogP contribution is 2.22. The van der Waals surface area contributed by atoms with Crippen LogP contribution in [0.15, 0.2) is 24.4 Å². The summed E-state index contributed by atoms with van der Waals surface area (Å²) in [5.74, 6) is -1.19. The Kier molecular flexibility index (Phi) is 2.66. The van der Waals surface area contributed by atoms with Gasteiger partial charge in [-0.3, -0.25) is 0 Å². The molecule has 1 aromatic heterocycles. The molecule has 4 nitrogen and oxygen atoms in total. The predicted octanol–water partition coefficient (Wildman–Crippen LogP) is 1.46. The Bertz CT molecular complexity index is 530. The molecule has 0 unspecified atom stereocenters. The molecule has 1 heterocycles. The van der Waals surface area contributed by atoms with E-state index in [9.17, 15) is 9.90 Å². The molecule has 1 atom stereocenters. The summed E-state index contributed by atoms with van der Waals surface area (Å²) in [7, 11) is 0. The van der Waals surface area contributed by atoms with Crippen LogP contribution in [-0.4, -0.2) is 27.3 Å². The Balaban J connectivity index is 2.39. The Morgan fingerprint density at radius 3 is 2.94 bits per heavy atom. The van der Waals surface area contributed by atoms with Crippen molar-refractivity contribution < 1.29 is 15.0 Å². The average Bonchev–Trinajstić information content (AvgIpc) is 2.63. The Morgan fingerprint density at radius 2 is 2.25 bits per heavy atom. The molecule has 2 rings (SSSR count). The van der Waals surface area contributed by atoms with Gasteiger partial charge < -0.3 is 15.2 Å². The van der Waals surface area contributed by atoms with Gasteiger partial charge in [-0.15, -0.1) is 0 Å². The number of fused-ring (bicyclic) bond motifs is 1. The lowest BCUT2D eigenvalue weighted by molar-refractivity contribution is -0.146. The van der Waals surface area contributed by atoms with Gasteiger partial charge in [-0.05, 0) is 18.1 Å². The van der Waals surface area contributed by atoms with Gasteiger partial charge in [-0.25, -0.2) is 4.79 Å². The van der Waals surface area contributed by atoms with Gasteiger partial charge in [0.2, 0.25) is 0 Å². The summed E-state index contributed by atoms with van der Waals surface area (Å²) in [5, 5.41) is 18.9. The molecule has 84 valence electrons. The van der Waals surface area contributed by atoms with Crippen LogP contribution in [0.3, 0.4) is 0 Å². The first-order valence-corrected chi connectivity index (χ1v) is 5.06. The molecule has 0 bridgehead atoms. The van der Waals surface area contributed by atoms with Crippen molar-refractivity contribution in [1.29, 1.82) is 0 Å². The number of aliphatic hydroxyl groups is 1. The second kappa shape index (κ2) is 3.98. The zero-order chi connectivity index (χ0) is 11.7. The van der Waals surface area contributed by atoms with Crippen molar-refractivity contribution in [3.05, 3.63) is 35.5 Å². The van der Waals surface area contributed by atoms with Gasteiger partial charge in [0.05, 0.1) is 0 Å². The number of H-pyrrole nitrogens is 1. The first-order valence-electron chi connectivity index (χ1n) is 5.06. The van der Waals surface area contributed by atoms with Crippen molar-refractivity contribution in [2.24, 2.45) is 0 Å². The maximum absolute atomic E-state index is 10.6. The summed E-state index contributed by atoms with van der Waals surface area (Å²) in [6.07, 6.45) is 0.530. The highest BCUT2D eigenvalue weighted by molar-refractivity contribution is 5.86. The van der Waals surface area contributed by atoms with E-state index in [2.05, 4.69) is 4.98 Å². The maximum Gasteiger partial charge on any atom is 0.332 e. The molecule has 0 aliphatic carbocycles. The van der Waals surface area contributed by atoms with Crippen LogP contribution in [0.5, 0.6) is 0 Å². The Labute approximate surface area is 92.5 Å². The average molecular weight is 219 g/mol. The highest BCUT2D eigenvalue weighted by Gasteiger charge is 2.16. The number of para-hydroxylation sites is 1. The highest BCUT2D eigenvalue weighted by atomic mass is 16.4. The number of carboxylic acids is 1. The van der Waals surface area contributed by atoms with Crippen LogP contribution in [0.1, 0.15) is 11.1 Å². The second-order valence-corrected chi connectivity index (χ2v) is 3.87. The van der Waals surface area contributed by atoms with E-state index >= 15 is 0 Å². The van der Waals surface area contributed by atoms with Crippen LogP contribution in [0.25, 0.3) is 10.9 Å². The lowest BCUT2D eigenvalue weighted by Gasteiger charge is -2.04. The monoisotopic (exact) mass is 219 g/mol. The number of aliphatic carboxylic acids is 1. The van der Waals surface area contributed by atoms with E-state index in [1.54, 1.807) is 6.20 Å². The molecule has 3 N–H and O–H groups in total. The van der Waals surface area contributed by atoms with Crippen molar-refractivity contribution in [2.75, 3.05) is 0 Å². The summed E-state index contributed by atoms with van der Waals surface area (Å²) in [4.78, 5) is 13.7. The topological polar surface area (TPSA) is 73.3 Å². The van der Waals surface area contributed by atoms with Crippen LogP contribution in [0.4, 0.5) is 0 Å². The molecule has 0 spiro atoms. The molecule has 0 saturated carbocycles. The number of aromatic amines is 1. The number of aromatic nitrogens is 1. The normalized spacial score (nSPS) is 12.9. The fourth-order valence-electron chi connectivity index (χ4n) is 1.83. The van der Waals surface area contributed by atoms with Crippen molar-refractivity contribution in [3.63, 3.8) is 0 Å². The van der Waals surface area contributed by atoms with E-state index in [1.165, 1.54) is 0 Å². The van der Waals surface area contributed by atoms with Gasteiger partial charge in [0, 0.05) is 23.5 Å². The van der Waals surface area contributed by atoms with E-state index in [-0.39, 0.29) is 6.42 Å². The summed E-state index contributed by atoms with van der Waals surface area (Å²) in [5.41, 5.74) is 2.93. The summed E-state index contributed by atoms with van der Waals surface area (Å²) >= 11 is 0. The molecule has 0 aliphatic heterocycles. The third-order valence-corrected chi connectivity index (χ3v) is 2.71. The van der Waals surface area contributed by atoms with Crippen LogP contribution in [-0.2, 0) is 11.2 Å². The van der Waals surface area contributed by atoms with Gasteiger partial charge in [0.25, 0.3) is 0 Å². The molecule has 0 fully saturated rings. The molecule has 0 aliphatic rings. The first kappa shape index (κ1) is 10.7. The van der Waals surface area contributed by atoms with Gasteiger partial charge in [-0.2, -0.15) is 0 Å². The van der Waals surface area contributed by atoms with Crippen LogP contribution in [0.2, 0.25) is 0 Å². The minimum atomic E-state index is -1.35. The zero-order valence-electron chi connectivity index (χ0n) is 8.90. The smallest absolute Gasteiger partial charge is 0.332 e. The second-order valence-electron chi connectivity index (χ2n) is 3.87. The molecular weight excluding hydrogens is 206 g/mol. The summed E-state index contributed by atoms with van der Waals surface area (Å²) < 4.78 is 0. The standard InChI is InChI=1S/C12H13NO3/c1-7-3-2-4-9-8(6-13-11(7)9)5-10(14)12(15)16/h2-4,6,10,13-14H,5H2,1H3,(H,15,16)/t10-/m0/s1. The van der Waals surface area contributed by atoms with E-state index < -0.39 is 12.1 Å². The van der Waals surface area contributed by atoms with Crippen molar-refractivity contribution in [3.8, 4) is 0 Å². The number of carboxylic acid groups (broad SMARTS) is 1. The van der Waals surface area contributed by atoms with Crippen molar-refractivity contribution >= 4 is 16.9 Å². The molecule has 1 aromatic carbocycles. The predicted molar refractivity (Wildman–Crippen MR) is 60.4 cm³/mol. The van der Waals surface area contributed by atoms with Crippen molar-refractivity contribution in [1.82, 2.24) is 4.98 Å². The Hall–Kier alpha value is -1.81. The third kappa shape index (κ3) is 1.79. The minimum absolute atomic E-state index is 0.124. The number of rotatable bonds is 3.